The molecule has 1 N–H and O–H groups in total. The molecule has 29 heavy (non-hydrogen) atoms. The van der Waals surface area contributed by atoms with Gasteiger partial charge in [0.25, 0.3) is 0 Å². The SMILES string of the molecule is O=C(NCCc1ccccc1)N1CCCC(c2nnc(-c3ccc(F)cc3)o2)C1. The molecule has 1 unspecified atom stereocenters. The maximum atomic E-state index is 13.1. The summed E-state index contributed by atoms with van der Waals surface area (Å²) in [7, 11) is 0. The molecule has 2 aromatic carbocycles. The molecule has 1 atom stereocenters. The molecule has 0 aliphatic carbocycles. The minimum atomic E-state index is -0.310. The van der Waals surface area contributed by atoms with Crippen LogP contribution in [0.1, 0.15) is 30.2 Å². The van der Waals surface area contributed by atoms with Crippen molar-refractivity contribution in [1.82, 2.24) is 20.4 Å². The van der Waals surface area contributed by atoms with E-state index in [1.807, 2.05) is 18.2 Å². The first-order valence-corrected chi connectivity index (χ1v) is 9.85. The van der Waals surface area contributed by atoms with Gasteiger partial charge in [0.1, 0.15) is 5.82 Å². The molecule has 7 heteroatoms. The number of rotatable bonds is 5. The van der Waals surface area contributed by atoms with E-state index in [0.717, 1.165) is 19.3 Å². The smallest absolute Gasteiger partial charge is 0.317 e. The van der Waals surface area contributed by atoms with Gasteiger partial charge in [-0.25, -0.2) is 9.18 Å². The first-order chi connectivity index (χ1) is 14.2. The van der Waals surface area contributed by atoms with Gasteiger partial charge in [0.2, 0.25) is 11.8 Å². The molecule has 4 rings (SSSR count). The number of piperidine rings is 1. The second kappa shape index (κ2) is 8.86. The molecule has 1 fully saturated rings. The normalized spacial score (nSPS) is 16.6. The fourth-order valence-corrected chi connectivity index (χ4v) is 3.54. The van der Waals surface area contributed by atoms with Crippen LogP contribution in [0.4, 0.5) is 9.18 Å². The van der Waals surface area contributed by atoms with Crippen LogP contribution in [-0.2, 0) is 6.42 Å². The Morgan fingerprint density at radius 1 is 1.14 bits per heavy atom. The highest BCUT2D eigenvalue weighted by atomic mass is 19.1. The molecule has 2 amide bonds. The van der Waals surface area contributed by atoms with Crippen LogP contribution >= 0.6 is 0 Å². The van der Waals surface area contributed by atoms with Gasteiger partial charge < -0.3 is 14.6 Å². The average molecular weight is 394 g/mol. The average Bonchev–Trinajstić information content (AvgIpc) is 3.25. The van der Waals surface area contributed by atoms with E-state index in [4.69, 9.17) is 4.42 Å². The quantitative estimate of drug-likeness (QED) is 0.710. The summed E-state index contributed by atoms with van der Waals surface area (Å²) in [5, 5.41) is 11.2. The third-order valence-electron chi connectivity index (χ3n) is 5.12. The van der Waals surface area contributed by atoms with Crippen LogP contribution < -0.4 is 5.32 Å². The molecule has 0 bridgehead atoms. The summed E-state index contributed by atoms with van der Waals surface area (Å²) >= 11 is 0. The first kappa shape index (κ1) is 19.1. The topological polar surface area (TPSA) is 71.3 Å². The van der Waals surface area contributed by atoms with Crippen LogP contribution in [0, 0.1) is 5.82 Å². The van der Waals surface area contributed by atoms with Crippen LogP contribution in [0.15, 0.2) is 59.0 Å². The van der Waals surface area contributed by atoms with Gasteiger partial charge in [-0.1, -0.05) is 30.3 Å². The molecule has 2 heterocycles. The number of hydrogen-bond acceptors (Lipinski definition) is 4. The summed E-state index contributed by atoms with van der Waals surface area (Å²) in [5.41, 5.74) is 1.87. The van der Waals surface area contributed by atoms with E-state index in [1.54, 1.807) is 17.0 Å². The Bertz CT molecular complexity index is 943. The second-order valence-electron chi connectivity index (χ2n) is 7.21. The summed E-state index contributed by atoms with van der Waals surface area (Å²) in [6.45, 7) is 1.86. The third kappa shape index (κ3) is 4.80. The van der Waals surface area contributed by atoms with Crippen LogP contribution in [0.25, 0.3) is 11.5 Å². The van der Waals surface area contributed by atoms with Crippen LogP contribution in [0.3, 0.4) is 0 Å². The number of carbonyl (C=O) groups excluding carboxylic acids is 1. The van der Waals surface area contributed by atoms with E-state index in [0.29, 0.717) is 37.0 Å². The third-order valence-corrected chi connectivity index (χ3v) is 5.12. The van der Waals surface area contributed by atoms with Gasteiger partial charge in [-0.05, 0) is 49.1 Å². The van der Waals surface area contributed by atoms with Gasteiger partial charge in [-0.3, -0.25) is 0 Å². The van der Waals surface area contributed by atoms with Crippen molar-refractivity contribution >= 4 is 6.03 Å². The fraction of sp³-hybridized carbons (Fsp3) is 0.318. The Balaban J connectivity index is 1.33. The molecule has 0 radical (unpaired) electrons. The molecule has 0 saturated carbocycles. The molecule has 3 aromatic rings. The minimum Gasteiger partial charge on any atom is -0.420 e. The van der Waals surface area contributed by atoms with Gasteiger partial charge in [0, 0.05) is 25.2 Å². The van der Waals surface area contributed by atoms with Crippen molar-refractivity contribution in [1.29, 1.82) is 0 Å². The van der Waals surface area contributed by atoms with Crippen LogP contribution in [0.2, 0.25) is 0 Å². The number of halogens is 1. The van der Waals surface area contributed by atoms with Gasteiger partial charge in [-0.15, -0.1) is 10.2 Å². The zero-order chi connectivity index (χ0) is 20.1. The zero-order valence-electron chi connectivity index (χ0n) is 16.1. The van der Waals surface area contributed by atoms with Crippen molar-refractivity contribution in [3.63, 3.8) is 0 Å². The molecule has 1 saturated heterocycles. The van der Waals surface area contributed by atoms with Crippen molar-refractivity contribution < 1.29 is 13.6 Å². The predicted octanol–water partition coefficient (Wildman–Crippen LogP) is 4.01. The molecule has 1 aliphatic rings. The highest BCUT2D eigenvalue weighted by Gasteiger charge is 2.28. The van der Waals surface area contributed by atoms with Gasteiger partial charge in [0.05, 0.1) is 5.92 Å². The van der Waals surface area contributed by atoms with Crippen molar-refractivity contribution in [3.05, 3.63) is 71.9 Å². The standard InChI is InChI=1S/C22H23FN4O2/c23-19-10-8-17(9-11-19)20-25-26-21(29-20)18-7-4-14-27(15-18)22(28)24-13-12-16-5-2-1-3-6-16/h1-3,5-6,8-11,18H,4,7,12-15H2,(H,24,28). The summed E-state index contributed by atoms with van der Waals surface area (Å²) in [4.78, 5) is 14.3. The number of aromatic nitrogens is 2. The Labute approximate surface area is 168 Å². The van der Waals surface area contributed by atoms with E-state index in [2.05, 4.69) is 27.6 Å². The lowest BCUT2D eigenvalue weighted by Gasteiger charge is -2.31. The lowest BCUT2D eigenvalue weighted by atomic mass is 9.98. The number of urea groups is 1. The molecule has 0 spiro atoms. The number of hydrogen-bond donors (Lipinski definition) is 1. The molecular formula is C22H23FN4O2. The predicted molar refractivity (Wildman–Crippen MR) is 107 cm³/mol. The van der Waals surface area contributed by atoms with E-state index in [1.165, 1.54) is 17.7 Å². The van der Waals surface area contributed by atoms with E-state index >= 15 is 0 Å². The summed E-state index contributed by atoms with van der Waals surface area (Å²) < 4.78 is 18.9. The minimum absolute atomic E-state index is 0.00493. The van der Waals surface area contributed by atoms with Crippen molar-refractivity contribution in [3.8, 4) is 11.5 Å². The van der Waals surface area contributed by atoms with Crippen molar-refractivity contribution in [2.45, 2.75) is 25.2 Å². The fourth-order valence-electron chi connectivity index (χ4n) is 3.54. The van der Waals surface area contributed by atoms with Gasteiger partial charge in [0.15, 0.2) is 0 Å². The number of likely N-dealkylation sites (tertiary alicyclic amines) is 1. The summed E-state index contributed by atoms with van der Waals surface area (Å²) in [5.74, 6) is 0.579. The highest BCUT2D eigenvalue weighted by molar-refractivity contribution is 5.74. The summed E-state index contributed by atoms with van der Waals surface area (Å²) in [6.07, 6.45) is 2.57. The van der Waals surface area contributed by atoms with Crippen molar-refractivity contribution in [2.24, 2.45) is 0 Å². The largest absolute Gasteiger partial charge is 0.420 e. The van der Waals surface area contributed by atoms with E-state index in [9.17, 15) is 9.18 Å². The first-order valence-electron chi connectivity index (χ1n) is 9.85. The maximum absolute atomic E-state index is 13.1. The molecule has 1 aromatic heterocycles. The number of benzene rings is 2. The second-order valence-corrected chi connectivity index (χ2v) is 7.21. The Morgan fingerprint density at radius 2 is 1.93 bits per heavy atom. The number of nitrogens with zero attached hydrogens (tertiary/aromatic N) is 3. The number of nitrogens with one attached hydrogen (secondary N) is 1. The van der Waals surface area contributed by atoms with Crippen LogP contribution in [0.5, 0.6) is 0 Å². The number of carbonyl (C=O) groups is 1. The molecule has 1 aliphatic heterocycles. The van der Waals surface area contributed by atoms with Crippen molar-refractivity contribution in [2.75, 3.05) is 19.6 Å². The lowest BCUT2D eigenvalue weighted by molar-refractivity contribution is 0.174. The zero-order valence-corrected chi connectivity index (χ0v) is 16.1. The summed E-state index contributed by atoms with van der Waals surface area (Å²) in [6, 6.07) is 16.0. The van der Waals surface area contributed by atoms with E-state index < -0.39 is 0 Å². The maximum Gasteiger partial charge on any atom is 0.317 e. The Kier molecular flexibility index (Phi) is 5.84. The Morgan fingerprint density at radius 3 is 2.72 bits per heavy atom. The molecule has 150 valence electrons. The lowest BCUT2D eigenvalue weighted by Crippen LogP contribution is -2.45. The van der Waals surface area contributed by atoms with Gasteiger partial charge >= 0.3 is 6.03 Å². The highest BCUT2D eigenvalue weighted by Crippen LogP contribution is 2.28. The molecular weight excluding hydrogens is 371 g/mol. The number of amides is 2. The Hall–Kier alpha value is -3.22. The van der Waals surface area contributed by atoms with E-state index in [-0.39, 0.29) is 17.8 Å². The monoisotopic (exact) mass is 394 g/mol. The van der Waals surface area contributed by atoms with Crippen LogP contribution in [-0.4, -0.2) is 40.8 Å². The van der Waals surface area contributed by atoms with Gasteiger partial charge in [-0.2, -0.15) is 0 Å². The molecule has 6 nitrogen and oxygen atoms in total.